The van der Waals surface area contributed by atoms with Crippen molar-refractivity contribution in [3.63, 3.8) is 0 Å². The molecule has 0 fully saturated rings. The van der Waals surface area contributed by atoms with E-state index < -0.39 is 0 Å². The summed E-state index contributed by atoms with van der Waals surface area (Å²) in [6, 6.07) is 56.1. The molecule has 51 heavy (non-hydrogen) atoms. The molecule has 0 aliphatic carbocycles. The molecule has 0 unspecified atom stereocenters. The number of ether oxygens (including phenoxy) is 1. The lowest BCUT2D eigenvalue weighted by molar-refractivity contribution is 0.487. The molecule has 0 bridgehead atoms. The normalized spacial score (nSPS) is 12.1. The average Bonchev–Trinajstić information content (AvgIpc) is 3.19. The first-order chi connectivity index (χ1) is 25.2. The van der Waals surface area contributed by atoms with Crippen LogP contribution >= 0.6 is 0 Å². The van der Waals surface area contributed by atoms with Crippen LogP contribution < -0.4 is 4.74 Å². The first kappa shape index (κ1) is 27.9. The van der Waals surface area contributed by atoms with Gasteiger partial charge >= 0.3 is 0 Å². The molecule has 0 radical (unpaired) electrons. The van der Waals surface area contributed by atoms with Crippen LogP contribution in [0.2, 0.25) is 0 Å². The number of rotatable bonds is 3. The highest BCUT2D eigenvalue weighted by Gasteiger charge is 2.22. The standard InChI is InChI=1S/C48H26N2O/c49-26-34-17-20-44-48-40(34)9-4-10-42(48)41-18-15-29(25-45(41)51-44)35-16-19-43(50-27-35)37-23-32-13-11-30-21-36(22-31-12-14-33(24-37)47(32)46(30)31)39-8-3-6-28-5-1-2-7-38(28)39/h1-25,27H. The van der Waals surface area contributed by atoms with E-state index in [0.29, 0.717) is 5.56 Å². The van der Waals surface area contributed by atoms with Gasteiger partial charge in [-0.25, -0.2) is 0 Å². The molecule has 0 saturated carbocycles. The van der Waals surface area contributed by atoms with Crippen LogP contribution in [0.25, 0.3) is 98.5 Å². The average molecular weight is 647 g/mol. The maximum Gasteiger partial charge on any atom is 0.136 e. The van der Waals surface area contributed by atoms with Crippen molar-refractivity contribution < 1.29 is 4.74 Å². The van der Waals surface area contributed by atoms with E-state index in [-0.39, 0.29) is 0 Å². The minimum Gasteiger partial charge on any atom is -0.456 e. The molecule has 0 spiro atoms. The van der Waals surface area contributed by atoms with E-state index in [4.69, 9.17) is 9.72 Å². The summed E-state index contributed by atoms with van der Waals surface area (Å²) >= 11 is 0. The maximum absolute atomic E-state index is 9.64. The lowest BCUT2D eigenvalue weighted by atomic mass is 9.89. The Bertz CT molecular complexity index is 3040. The molecule has 3 heteroatoms. The number of hydrogen-bond acceptors (Lipinski definition) is 3. The van der Waals surface area contributed by atoms with Crippen molar-refractivity contribution in [1.29, 1.82) is 5.26 Å². The fourth-order valence-corrected chi connectivity index (χ4v) is 8.26. The zero-order valence-electron chi connectivity index (χ0n) is 27.3. The number of fused-ring (bicyclic) bond motifs is 3. The highest BCUT2D eigenvalue weighted by Crippen LogP contribution is 2.48. The van der Waals surface area contributed by atoms with Crippen LogP contribution in [0.1, 0.15) is 5.56 Å². The molecule has 10 aromatic rings. The Labute approximate surface area is 293 Å². The SMILES string of the molecule is N#Cc1ccc2c3c(cccc13)-c1ccc(-c3ccc(-c4cc5ccc6cc(-c7cccc8ccccc78)cc7ccc(c4)c5c67)nc3)cc1O2. The fourth-order valence-electron chi connectivity index (χ4n) is 8.26. The predicted octanol–water partition coefficient (Wildman–Crippen LogP) is 12.9. The molecular formula is C48H26N2O. The number of nitriles is 1. The van der Waals surface area contributed by atoms with Crippen molar-refractivity contribution >= 4 is 53.9 Å². The van der Waals surface area contributed by atoms with Crippen molar-refractivity contribution in [3.05, 3.63) is 163 Å². The highest BCUT2D eigenvalue weighted by molar-refractivity contribution is 6.24. The molecular weight excluding hydrogens is 621 g/mol. The Morgan fingerprint density at radius 2 is 1.10 bits per heavy atom. The molecule has 0 saturated heterocycles. The number of hydrogen-bond donors (Lipinski definition) is 0. The van der Waals surface area contributed by atoms with Gasteiger partial charge in [-0.1, -0.05) is 97.1 Å². The van der Waals surface area contributed by atoms with Gasteiger partial charge in [-0.3, -0.25) is 4.98 Å². The molecule has 0 amide bonds. The molecule has 2 heterocycles. The summed E-state index contributed by atoms with van der Waals surface area (Å²) in [6.07, 6.45) is 1.95. The number of pyridine rings is 1. The van der Waals surface area contributed by atoms with Crippen LogP contribution in [0.15, 0.2) is 158 Å². The largest absolute Gasteiger partial charge is 0.456 e. The van der Waals surface area contributed by atoms with Gasteiger partial charge in [-0.05, 0) is 120 Å². The fraction of sp³-hybridized carbons (Fsp3) is 0. The Morgan fingerprint density at radius 1 is 0.431 bits per heavy atom. The van der Waals surface area contributed by atoms with Crippen LogP contribution in [-0.4, -0.2) is 4.98 Å². The molecule has 0 N–H and O–H groups in total. The van der Waals surface area contributed by atoms with Gasteiger partial charge in [0.15, 0.2) is 0 Å². The number of nitrogens with zero attached hydrogens (tertiary/aromatic N) is 2. The molecule has 11 rings (SSSR count). The first-order valence-corrected chi connectivity index (χ1v) is 17.2. The van der Waals surface area contributed by atoms with E-state index >= 15 is 0 Å². The Morgan fingerprint density at radius 3 is 1.84 bits per heavy atom. The van der Waals surface area contributed by atoms with Gasteiger partial charge in [0.05, 0.1) is 17.3 Å². The Hall–Kier alpha value is -7.02. The molecule has 0 atom stereocenters. The minimum absolute atomic E-state index is 0.654. The lowest BCUT2D eigenvalue weighted by Gasteiger charge is -2.22. The highest BCUT2D eigenvalue weighted by atomic mass is 16.5. The van der Waals surface area contributed by atoms with Crippen molar-refractivity contribution in [2.45, 2.75) is 0 Å². The molecule has 1 aliphatic rings. The van der Waals surface area contributed by atoms with Gasteiger partial charge in [0.25, 0.3) is 0 Å². The Balaban J connectivity index is 0.951. The topological polar surface area (TPSA) is 45.9 Å². The van der Waals surface area contributed by atoms with E-state index in [1.54, 1.807) is 0 Å². The van der Waals surface area contributed by atoms with Crippen molar-refractivity contribution in [3.8, 4) is 62.2 Å². The molecule has 1 aromatic heterocycles. The summed E-state index contributed by atoms with van der Waals surface area (Å²) in [5.74, 6) is 1.58. The second-order valence-corrected chi connectivity index (χ2v) is 13.4. The van der Waals surface area contributed by atoms with E-state index in [0.717, 1.165) is 55.8 Å². The Kier molecular flexibility index (Phi) is 5.73. The van der Waals surface area contributed by atoms with E-state index in [2.05, 4.69) is 133 Å². The van der Waals surface area contributed by atoms with Gasteiger partial charge in [-0.2, -0.15) is 5.26 Å². The summed E-state index contributed by atoms with van der Waals surface area (Å²) in [6.45, 7) is 0. The third-order valence-corrected chi connectivity index (χ3v) is 10.6. The summed E-state index contributed by atoms with van der Waals surface area (Å²) in [5, 5.41) is 21.6. The number of benzene rings is 9. The third-order valence-electron chi connectivity index (χ3n) is 10.6. The monoisotopic (exact) mass is 646 g/mol. The van der Waals surface area contributed by atoms with Crippen LogP contribution in [-0.2, 0) is 0 Å². The second-order valence-electron chi connectivity index (χ2n) is 13.4. The van der Waals surface area contributed by atoms with Gasteiger partial charge in [0.1, 0.15) is 11.5 Å². The molecule has 1 aliphatic heterocycles. The van der Waals surface area contributed by atoms with Crippen molar-refractivity contribution in [2.24, 2.45) is 0 Å². The smallest absolute Gasteiger partial charge is 0.136 e. The zero-order valence-corrected chi connectivity index (χ0v) is 27.3. The molecule has 234 valence electrons. The van der Waals surface area contributed by atoms with Crippen LogP contribution in [0.4, 0.5) is 0 Å². The minimum atomic E-state index is 0.654. The third kappa shape index (κ3) is 4.14. The first-order valence-electron chi connectivity index (χ1n) is 17.2. The summed E-state index contributed by atoms with van der Waals surface area (Å²) in [4.78, 5) is 4.96. The second kappa shape index (κ2) is 10.5. The number of aromatic nitrogens is 1. The van der Waals surface area contributed by atoms with Gasteiger partial charge < -0.3 is 4.74 Å². The zero-order chi connectivity index (χ0) is 33.6. The molecule has 9 aromatic carbocycles. The van der Waals surface area contributed by atoms with E-state index in [1.165, 1.54) is 54.2 Å². The predicted molar refractivity (Wildman–Crippen MR) is 209 cm³/mol. The lowest BCUT2D eigenvalue weighted by Crippen LogP contribution is -1.98. The molecule has 3 nitrogen and oxygen atoms in total. The summed E-state index contributed by atoms with van der Waals surface area (Å²) < 4.78 is 6.42. The van der Waals surface area contributed by atoms with Crippen molar-refractivity contribution in [1.82, 2.24) is 4.98 Å². The van der Waals surface area contributed by atoms with Gasteiger partial charge in [0.2, 0.25) is 0 Å². The van der Waals surface area contributed by atoms with Gasteiger partial charge in [0, 0.05) is 33.7 Å². The van der Waals surface area contributed by atoms with E-state index in [1.807, 2.05) is 30.5 Å². The van der Waals surface area contributed by atoms with Crippen LogP contribution in [0.3, 0.4) is 0 Å². The van der Waals surface area contributed by atoms with Crippen LogP contribution in [0, 0.1) is 11.3 Å². The quantitative estimate of drug-likeness (QED) is 0.179. The summed E-state index contributed by atoms with van der Waals surface area (Å²) in [7, 11) is 0. The maximum atomic E-state index is 9.64. The van der Waals surface area contributed by atoms with Crippen LogP contribution in [0.5, 0.6) is 11.5 Å². The van der Waals surface area contributed by atoms with Crippen molar-refractivity contribution in [2.75, 3.05) is 0 Å². The summed E-state index contributed by atoms with van der Waals surface area (Å²) in [5.41, 5.74) is 9.35. The van der Waals surface area contributed by atoms with E-state index in [9.17, 15) is 5.26 Å². The van der Waals surface area contributed by atoms with Gasteiger partial charge in [-0.15, -0.1) is 0 Å².